The maximum absolute atomic E-state index is 13.4. The Morgan fingerprint density at radius 3 is 2.75 bits per heavy atom. The van der Waals surface area contributed by atoms with E-state index in [1.807, 2.05) is 0 Å². The first-order valence-corrected chi connectivity index (χ1v) is 5.81. The van der Waals surface area contributed by atoms with E-state index < -0.39 is 11.8 Å². The molecule has 1 aromatic rings. The van der Waals surface area contributed by atoms with Crippen molar-refractivity contribution >= 4 is 18.6 Å². The molecule has 0 radical (unpaired) electrons. The first-order valence-electron chi connectivity index (χ1n) is 5.36. The number of hydrogen-bond donors (Lipinski definition) is 1. The topological polar surface area (TPSA) is 26.3 Å². The maximum Gasteiger partial charge on any atom is 0.341 e. The monoisotopic (exact) mass is 240 g/mol. The second-order valence-electron chi connectivity index (χ2n) is 3.98. The van der Waals surface area contributed by atoms with E-state index in [-0.39, 0.29) is 11.7 Å². The molecular weight excluding hydrogens is 227 g/mol. The molecule has 4 heteroatoms. The van der Waals surface area contributed by atoms with E-state index in [0.717, 1.165) is 25.7 Å². The fraction of sp³-hybridized carbons (Fsp3) is 0.417. The third-order valence-corrected chi connectivity index (χ3v) is 3.02. The van der Waals surface area contributed by atoms with Crippen LogP contribution in [0.25, 0.3) is 0 Å². The lowest BCUT2D eigenvalue weighted by Crippen LogP contribution is -2.15. The Morgan fingerprint density at radius 1 is 1.38 bits per heavy atom. The van der Waals surface area contributed by atoms with E-state index in [2.05, 4.69) is 12.6 Å². The minimum Gasteiger partial charge on any atom is -0.459 e. The van der Waals surface area contributed by atoms with E-state index in [1.165, 1.54) is 18.2 Å². The summed E-state index contributed by atoms with van der Waals surface area (Å²) in [4.78, 5) is 12.2. The van der Waals surface area contributed by atoms with Gasteiger partial charge in [-0.25, -0.2) is 9.18 Å². The summed E-state index contributed by atoms with van der Waals surface area (Å²) in [6, 6.07) is 4.13. The van der Waals surface area contributed by atoms with Crippen LogP contribution in [0, 0.1) is 5.82 Å². The second-order valence-corrected chi connectivity index (χ2v) is 4.49. The number of rotatable bonds is 2. The molecule has 1 saturated carbocycles. The van der Waals surface area contributed by atoms with Crippen molar-refractivity contribution in [3.05, 3.63) is 29.6 Å². The summed E-state index contributed by atoms with van der Waals surface area (Å²) in [7, 11) is 0. The number of hydrogen-bond acceptors (Lipinski definition) is 3. The van der Waals surface area contributed by atoms with Crippen molar-refractivity contribution in [2.45, 2.75) is 36.7 Å². The van der Waals surface area contributed by atoms with Crippen molar-refractivity contribution < 1.29 is 13.9 Å². The minimum atomic E-state index is -0.583. The Morgan fingerprint density at radius 2 is 2.06 bits per heavy atom. The molecule has 0 unspecified atom stereocenters. The summed E-state index contributed by atoms with van der Waals surface area (Å²) in [6.45, 7) is 0. The van der Waals surface area contributed by atoms with Crippen molar-refractivity contribution in [1.29, 1.82) is 0 Å². The zero-order valence-electron chi connectivity index (χ0n) is 8.78. The van der Waals surface area contributed by atoms with E-state index >= 15 is 0 Å². The molecule has 2 nitrogen and oxygen atoms in total. The van der Waals surface area contributed by atoms with Crippen LogP contribution in [-0.4, -0.2) is 12.1 Å². The van der Waals surface area contributed by atoms with E-state index in [1.54, 1.807) is 0 Å². The average Bonchev–Trinajstić information content (AvgIpc) is 2.74. The van der Waals surface area contributed by atoms with Crippen molar-refractivity contribution in [3.8, 4) is 0 Å². The molecule has 0 heterocycles. The third-order valence-electron chi connectivity index (χ3n) is 2.75. The first kappa shape index (κ1) is 11.5. The molecule has 1 fully saturated rings. The molecule has 0 saturated heterocycles. The van der Waals surface area contributed by atoms with Gasteiger partial charge in [0, 0.05) is 4.90 Å². The predicted octanol–water partition coefficient (Wildman–Crippen LogP) is 3.21. The van der Waals surface area contributed by atoms with Crippen LogP contribution in [-0.2, 0) is 4.74 Å². The highest BCUT2D eigenvalue weighted by Crippen LogP contribution is 2.23. The largest absolute Gasteiger partial charge is 0.459 e. The molecule has 1 aliphatic rings. The van der Waals surface area contributed by atoms with E-state index in [9.17, 15) is 9.18 Å². The van der Waals surface area contributed by atoms with Crippen molar-refractivity contribution in [2.24, 2.45) is 0 Å². The molecule has 86 valence electrons. The normalized spacial score (nSPS) is 16.4. The number of halogens is 1. The van der Waals surface area contributed by atoms with Gasteiger partial charge in [-0.2, -0.15) is 0 Å². The Labute approximate surface area is 99.2 Å². The average molecular weight is 240 g/mol. The summed E-state index contributed by atoms with van der Waals surface area (Å²) in [5.74, 6) is -1.14. The zero-order chi connectivity index (χ0) is 11.5. The van der Waals surface area contributed by atoms with Crippen molar-refractivity contribution in [3.63, 3.8) is 0 Å². The van der Waals surface area contributed by atoms with Gasteiger partial charge in [-0.3, -0.25) is 0 Å². The number of carbonyl (C=O) groups excluding carboxylic acids is 1. The number of thiol groups is 1. The van der Waals surface area contributed by atoms with Gasteiger partial charge in [0.1, 0.15) is 11.9 Å². The molecule has 0 N–H and O–H groups in total. The molecule has 0 aliphatic heterocycles. The molecule has 0 spiro atoms. The van der Waals surface area contributed by atoms with Gasteiger partial charge in [-0.1, -0.05) is 0 Å². The molecule has 16 heavy (non-hydrogen) atoms. The number of esters is 1. The summed E-state index contributed by atoms with van der Waals surface area (Å²) < 4.78 is 18.6. The van der Waals surface area contributed by atoms with Gasteiger partial charge in [0.05, 0.1) is 5.56 Å². The van der Waals surface area contributed by atoms with Crippen LogP contribution in [0.1, 0.15) is 36.0 Å². The quantitative estimate of drug-likeness (QED) is 0.634. The number of ether oxygens (including phenoxy) is 1. The highest BCUT2D eigenvalue weighted by Gasteiger charge is 2.21. The van der Waals surface area contributed by atoms with Crippen LogP contribution >= 0.6 is 12.6 Å². The van der Waals surface area contributed by atoms with E-state index in [4.69, 9.17) is 4.74 Å². The SMILES string of the molecule is O=C(OC1CCCC1)c1cc(S)ccc1F. The number of benzene rings is 1. The van der Waals surface area contributed by atoms with Gasteiger partial charge in [-0.05, 0) is 43.9 Å². The van der Waals surface area contributed by atoms with Gasteiger partial charge in [0.25, 0.3) is 0 Å². The minimum absolute atomic E-state index is 0.0283. The van der Waals surface area contributed by atoms with Crippen molar-refractivity contribution in [1.82, 2.24) is 0 Å². The summed E-state index contributed by atoms with van der Waals surface area (Å²) in [5, 5.41) is 0. The van der Waals surface area contributed by atoms with Gasteiger partial charge < -0.3 is 4.74 Å². The van der Waals surface area contributed by atoms with Crippen molar-refractivity contribution in [2.75, 3.05) is 0 Å². The second kappa shape index (κ2) is 4.87. The van der Waals surface area contributed by atoms with Gasteiger partial charge >= 0.3 is 5.97 Å². The fourth-order valence-electron chi connectivity index (χ4n) is 1.89. The summed E-state index contributed by atoms with van der Waals surface area (Å²) >= 11 is 4.07. The molecule has 0 amide bonds. The summed E-state index contributed by atoms with van der Waals surface area (Å²) in [6.07, 6.45) is 3.87. The van der Waals surface area contributed by atoms with Gasteiger partial charge in [0.2, 0.25) is 0 Å². The van der Waals surface area contributed by atoms with Crippen LogP contribution in [0.15, 0.2) is 23.1 Å². The summed E-state index contributed by atoms with van der Waals surface area (Å²) in [5.41, 5.74) is -0.0283. The molecule has 1 aliphatic carbocycles. The van der Waals surface area contributed by atoms with Crippen LogP contribution in [0.5, 0.6) is 0 Å². The Bertz CT molecular complexity index is 400. The molecule has 2 rings (SSSR count). The molecule has 0 bridgehead atoms. The number of carbonyl (C=O) groups is 1. The van der Waals surface area contributed by atoms with Gasteiger partial charge in [0.15, 0.2) is 0 Å². The predicted molar refractivity (Wildman–Crippen MR) is 61.3 cm³/mol. The Balaban J connectivity index is 2.10. The lowest BCUT2D eigenvalue weighted by atomic mass is 10.2. The highest BCUT2D eigenvalue weighted by atomic mass is 32.1. The molecule has 1 aromatic carbocycles. The highest BCUT2D eigenvalue weighted by molar-refractivity contribution is 7.80. The first-order chi connectivity index (χ1) is 7.66. The van der Waals surface area contributed by atoms with Crippen LogP contribution in [0.2, 0.25) is 0 Å². The lowest BCUT2D eigenvalue weighted by Gasteiger charge is -2.11. The smallest absolute Gasteiger partial charge is 0.341 e. The standard InChI is InChI=1S/C12H13FO2S/c13-11-6-5-9(16)7-10(11)12(14)15-8-3-1-2-4-8/h5-8,16H,1-4H2. The maximum atomic E-state index is 13.4. The molecular formula is C12H13FO2S. The van der Waals surface area contributed by atoms with Gasteiger partial charge in [-0.15, -0.1) is 12.6 Å². The molecule has 0 atom stereocenters. The Kier molecular flexibility index (Phi) is 3.49. The fourth-order valence-corrected chi connectivity index (χ4v) is 2.09. The van der Waals surface area contributed by atoms with Crippen LogP contribution < -0.4 is 0 Å². The third kappa shape index (κ3) is 2.55. The van der Waals surface area contributed by atoms with E-state index in [0.29, 0.717) is 4.90 Å². The zero-order valence-corrected chi connectivity index (χ0v) is 9.67. The lowest BCUT2D eigenvalue weighted by molar-refractivity contribution is 0.0312. The Hall–Kier alpha value is -1.03. The molecule has 0 aromatic heterocycles. The van der Waals surface area contributed by atoms with Crippen LogP contribution in [0.4, 0.5) is 4.39 Å². The van der Waals surface area contributed by atoms with Crippen LogP contribution in [0.3, 0.4) is 0 Å².